The predicted octanol–water partition coefficient (Wildman–Crippen LogP) is 1.80. The Morgan fingerprint density at radius 2 is 2.00 bits per heavy atom. The minimum absolute atomic E-state index is 0.194. The largest absolute Gasteiger partial charge is 0.394 e. The van der Waals surface area contributed by atoms with Crippen molar-refractivity contribution in [1.29, 1.82) is 0 Å². The first-order valence-electron chi connectivity index (χ1n) is 6.68. The van der Waals surface area contributed by atoms with Gasteiger partial charge in [0.1, 0.15) is 0 Å². The lowest BCUT2D eigenvalue weighted by Gasteiger charge is -2.46. The van der Waals surface area contributed by atoms with E-state index < -0.39 is 0 Å². The summed E-state index contributed by atoms with van der Waals surface area (Å²) in [5, 5.41) is 9.65. The van der Waals surface area contributed by atoms with Gasteiger partial charge in [0.15, 0.2) is 0 Å². The standard InChI is InChI=1S/C15H24N2O/c1-11-5-6-12(2)15(7-11)17-13(3)8-16(4)9-14(17)10-18/h5-7,13-14,18H,8-10H2,1-4H3. The topological polar surface area (TPSA) is 26.7 Å². The van der Waals surface area contributed by atoms with Gasteiger partial charge in [0.2, 0.25) is 0 Å². The average Bonchev–Trinajstić information content (AvgIpc) is 2.32. The van der Waals surface area contributed by atoms with Crippen molar-refractivity contribution in [3.05, 3.63) is 29.3 Å². The van der Waals surface area contributed by atoms with E-state index in [1.54, 1.807) is 0 Å². The molecule has 1 heterocycles. The summed E-state index contributed by atoms with van der Waals surface area (Å²) in [6, 6.07) is 7.18. The summed E-state index contributed by atoms with van der Waals surface area (Å²) in [5.74, 6) is 0. The van der Waals surface area contributed by atoms with E-state index >= 15 is 0 Å². The van der Waals surface area contributed by atoms with Crippen LogP contribution in [0.2, 0.25) is 0 Å². The first-order chi connectivity index (χ1) is 8.52. The first kappa shape index (κ1) is 13.4. The highest BCUT2D eigenvalue weighted by molar-refractivity contribution is 5.57. The normalized spacial score (nSPS) is 25.5. The minimum atomic E-state index is 0.194. The van der Waals surface area contributed by atoms with E-state index in [1.807, 2.05) is 0 Å². The molecule has 1 aliphatic rings. The lowest BCUT2D eigenvalue weighted by Crippen LogP contribution is -2.58. The van der Waals surface area contributed by atoms with E-state index in [2.05, 4.69) is 55.8 Å². The van der Waals surface area contributed by atoms with Crippen LogP contribution in [0.25, 0.3) is 0 Å². The molecule has 1 aromatic rings. The van der Waals surface area contributed by atoms with Crippen molar-refractivity contribution in [3.8, 4) is 0 Å². The number of benzene rings is 1. The average molecular weight is 248 g/mol. The van der Waals surface area contributed by atoms with Crippen molar-refractivity contribution in [1.82, 2.24) is 4.90 Å². The summed E-state index contributed by atoms with van der Waals surface area (Å²) < 4.78 is 0. The number of hydrogen-bond donors (Lipinski definition) is 1. The molecule has 1 N–H and O–H groups in total. The molecule has 0 spiro atoms. The number of likely N-dealkylation sites (N-methyl/N-ethyl adjacent to an activating group) is 1. The molecule has 0 bridgehead atoms. The number of rotatable bonds is 2. The second-order valence-electron chi connectivity index (χ2n) is 5.60. The molecule has 0 radical (unpaired) electrons. The van der Waals surface area contributed by atoms with Gasteiger partial charge in [0.05, 0.1) is 12.6 Å². The Morgan fingerprint density at radius 3 is 2.67 bits per heavy atom. The van der Waals surface area contributed by atoms with E-state index in [0.717, 1.165) is 13.1 Å². The van der Waals surface area contributed by atoms with Crippen LogP contribution in [0.4, 0.5) is 5.69 Å². The first-order valence-corrected chi connectivity index (χ1v) is 6.68. The lowest BCUT2D eigenvalue weighted by molar-refractivity contribution is 0.171. The van der Waals surface area contributed by atoms with Gasteiger partial charge in [-0.3, -0.25) is 0 Å². The van der Waals surface area contributed by atoms with Gasteiger partial charge < -0.3 is 14.9 Å². The van der Waals surface area contributed by atoms with Gasteiger partial charge in [-0.2, -0.15) is 0 Å². The Balaban J connectivity index is 2.36. The van der Waals surface area contributed by atoms with Gasteiger partial charge in [-0.1, -0.05) is 12.1 Å². The van der Waals surface area contributed by atoms with Crippen LogP contribution in [-0.4, -0.2) is 48.8 Å². The fourth-order valence-electron chi connectivity index (χ4n) is 3.00. The molecule has 2 rings (SSSR count). The molecule has 100 valence electrons. The summed E-state index contributed by atoms with van der Waals surface area (Å²) >= 11 is 0. The third-order valence-electron chi connectivity index (χ3n) is 3.82. The summed E-state index contributed by atoms with van der Waals surface area (Å²) in [6.07, 6.45) is 0. The van der Waals surface area contributed by atoms with Gasteiger partial charge in [0.25, 0.3) is 0 Å². The second kappa shape index (κ2) is 5.29. The number of anilines is 1. The molecule has 0 saturated carbocycles. The maximum Gasteiger partial charge on any atom is 0.0651 e. The molecule has 0 aliphatic carbocycles. The third kappa shape index (κ3) is 2.52. The maximum atomic E-state index is 9.65. The molecule has 1 fully saturated rings. The maximum absolute atomic E-state index is 9.65. The molecule has 3 nitrogen and oxygen atoms in total. The van der Waals surface area contributed by atoms with Crippen LogP contribution in [0.5, 0.6) is 0 Å². The second-order valence-corrected chi connectivity index (χ2v) is 5.60. The Labute approximate surface area is 110 Å². The quantitative estimate of drug-likeness (QED) is 0.864. The zero-order chi connectivity index (χ0) is 13.3. The zero-order valence-electron chi connectivity index (χ0n) is 11.8. The van der Waals surface area contributed by atoms with Crippen LogP contribution in [0.3, 0.4) is 0 Å². The number of piperazine rings is 1. The van der Waals surface area contributed by atoms with E-state index in [1.165, 1.54) is 16.8 Å². The van der Waals surface area contributed by atoms with Crippen molar-refractivity contribution in [2.75, 3.05) is 31.6 Å². The van der Waals surface area contributed by atoms with Gasteiger partial charge >= 0.3 is 0 Å². The van der Waals surface area contributed by atoms with Crippen molar-refractivity contribution in [3.63, 3.8) is 0 Å². The van der Waals surface area contributed by atoms with Crippen LogP contribution in [0.15, 0.2) is 18.2 Å². The predicted molar refractivity (Wildman–Crippen MR) is 76.2 cm³/mol. The van der Waals surface area contributed by atoms with Crippen LogP contribution in [0, 0.1) is 13.8 Å². The minimum Gasteiger partial charge on any atom is -0.394 e. The zero-order valence-corrected chi connectivity index (χ0v) is 11.8. The highest BCUT2D eigenvalue weighted by Crippen LogP contribution is 2.28. The van der Waals surface area contributed by atoms with Crippen molar-refractivity contribution in [2.45, 2.75) is 32.9 Å². The van der Waals surface area contributed by atoms with Gasteiger partial charge in [-0.25, -0.2) is 0 Å². The van der Waals surface area contributed by atoms with E-state index in [-0.39, 0.29) is 12.6 Å². The van der Waals surface area contributed by atoms with E-state index in [9.17, 15) is 5.11 Å². The van der Waals surface area contributed by atoms with Gasteiger partial charge in [0, 0.05) is 24.8 Å². The van der Waals surface area contributed by atoms with Crippen LogP contribution < -0.4 is 4.90 Å². The molecule has 3 heteroatoms. The Morgan fingerprint density at radius 1 is 1.28 bits per heavy atom. The fraction of sp³-hybridized carbons (Fsp3) is 0.600. The summed E-state index contributed by atoms with van der Waals surface area (Å²) in [5.41, 5.74) is 3.84. The number of hydrogen-bond acceptors (Lipinski definition) is 3. The smallest absolute Gasteiger partial charge is 0.0651 e. The van der Waals surface area contributed by atoms with E-state index in [4.69, 9.17) is 0 Å². The highest BCUT2D eigenvalue weighted by atomic mass is 16.3. The Hall–Kier alpha value is -1.06. The fourth-order valence-corrected chi connectivity index (χ4v) is 3.00. The SMILES string of the molecule is Cc1ccc(C)c(N2C(C)CN(C)CC2CO)c1. The molecule has 18 heavy (non-hydrogen) atoms. The molecule has 0 amide bonds. The lowest BCUT2D eigenvalue weighted by atomic mass is 10.0. The van der Waals surface area contributed by atoms with E-state index in [0.29, 0.717) is 6.04 Å². The van der Waals surface area contributed by atoms with Crippen molar-refractivity contribution < 1.29 is 5.11 Å². The Kier molecular flexibility index (Phi) is 3.93. The molecular weight excluding hydrogens is 224 g/mol. The van der Waals surface area contributed by atoms with Crippen LogP contribution in [0.1, 0.15) is 18.1 Å². The number of aliphatic hydroxyl groups excluding tert-OH is 1. The van der Waals surface area contributed by atoms with Crippen LogP contribution in [-0.2, 0) is 0 Å². The summed E-state index contributed by atoms with van der Waals surface area (Å²) in [4.78, 5) is 4.69. The molecule has 2 unspecified atom stereocenters. The van der Waals surface area contributed by atoms with Gasteiger partial charge in [-0.05, 0) is 45.0 Å². The molecular formula is C15H24N2O. The Bertz CT molecular complexity index is 419. The monoisotopic (exact) mass is 248 g/mol. The number of aliphatic hydroxyl groups is 1. The summed E-state index contributed by atoms with van der Waals surface area (Å²) in [7, 11) is 2.12. The molecule has 0 aromatic heterocycles. The molecule has 1 aromatic carbocycles. The highest BCUT2D eigenvalue weighted by Gasteiger charge is 2.30. The number of nitrogens with zero attached hydrogens (tertiary/aromatic N) is 2. The third-order valence-corrected chi connectivity index (χ3v) is 3.82. The number of aryl methyl sites for hydroxylation is 2. The van der Waals surface area contributed by atoms with Crippen molar-refractivity contribution in [2.24, 2.45) is 0 Å². The van der Waals surface area contributed by atoms with Crippen LogP contribution >= 0.6 is 0 Å². The summed E-state index contributed by atoms with van der Waals surface area (Å²) in [6.45, 7) is 8.69. The molecule has 1 saturated heterocycles. The van der Waals surface area contributed by atoms with Gasteiger partial charge in [-0.15, -0.1) is 0 Å². The van der Waals surface area contributed by atoms with Crippen molar-refractivity contribution >= 4 is 5.69 Å². The molecule has 1 aliphatic heterocycles. The molecule has 2 atom stereocenters.